The molecule has 1 atom stereocenters. The van der Waals surface area contributed by atoms with Crippen LogP contribution in [0.3, 0.4) is 0 Å². The first-order valence-corrected chi connectivity index (χ1v) is 4.90. The Balaban J connectivity index is 2.41. The Morgan fingerprint density at radius 3 is 2.75 bits per heavy atom. The quantitative estimate of drug-likeness (QED) is 0.849. The first kappa shape index (κ1) is 13.1. The Morgan fingerprint density at radius 2 is 2.19 bits per heavy atom. The number of hydrogen-bond donors (Lipinski definition) is 1. The molecular formula is C10H15F3N2O. The molecule has 6 heteroatoms. The second-order valence-corrected chi connectivity index (χ2v) is 3.56. The molecule has 0 spiro atoms. The predicted molar refractivity (Wildman–Crippen MR) is 53.9 cm³/mol. The lowest BCUT2D eigenvalue weighted by molar-refractivity contribution is -0.181. The monoisotopic (exact) mass is 236 g/mol. The van der Waals surface area contributed by atoms with Crippen LogP contribution in [-0.4, -0.2) is 24.4 Å². The van der Waals surface area contributed by atoms with E-state index in [0.29, 0.717) is 0 Å². The average molecular weight is 236 g/mol. The van der Waals surface area contributed by atoms with Gasteiger partial charge in [-0.25, -0.2) is 0 Å². The van der Waals surface area contributed by atoms with Gasteiger partial charge in [-0.1, -0.05) is 0 Å². The summed E-state index contributed by atoms with van der Waals surface area (Å²) >= 11 is 0. The van der Waals surface area contributed by atoms with E-state index < -0.39 is 12.8 Å². The van der Waals surface area contributed by atoms with Gasteiger partial charge in [0.2, 0.25) is 0 Å². The fraction of sp³-hybridized carbons (Fsp3) is 0.600. The molecule has 1 N–H and O–H groups in total. The molecule has 1 unspecified atom stereocenters. The van der Waals surface area contributed by atoms with Gasteiger partial charge in [0.1, 0.15) is 13.3 Å². The lowest BCUT2D eigenvalue weighted by atomic mass is 10.2. The van der Waals surface area contributed by atoms with Crippen LogP contribution in [0.5, 0.6) is 0 Å². The standard InChI is InChI=1S/C10H15F3N2O/c1-8(14-2)9-3-4-15(5-9)7-16-6-10(11,12)13/h3-5,8,14H,6-7H2,1-2H3. The van der Waals surface area contributed by atoms with Crippen LogP contribution in [-0.2, 0) is 11.5 Å². The fourth-order valence-corrected chi connectivity index (χ4v) is 1.23. The van der Waals surface area contributed by atoms with E-state index in [1.54, 1.807) is 17.0 Å². The Hall–Kier alpha value is -1.01. The molecule has 0 aliphatic heterocycles. The summed E-state index contributed by atoms with van der Waals surface area (Å²) in [6.07, 6.45) is -0.814. The van der Waals surface area contributed by atoms with Gasteiger partial charge in [0.05, 0.1) is 0 Å². The highest BCUT2D eigenvalue weighted by molar-refractivity contribution is 5.14. The van der Waals surface area contributed by atoms with Crippen molar-refractivity contribution in [1.29, 1.82) is 0 Å². The number of rotatable bonds is 5. The van der Waals surface area contributed by atoms with Crippen molar-refractivity contribution in [3.05, 3.63) is 24.0 Å². The van der Waals surface area contributed by atoms with Crippen LogP contribution in [0.15, 0.2) is 18.5 Å². The molecule has 0 aromatic carbocycles. The summed E-state index contributed by atoms with van der Waals surface area (Å²) in [5.41, 5.74) is 1.01. The Kier molecular flexibility index (Phi) is 4.37. The van der Waals surface area contributed by atoms with Crippen LogP contribution in [0.25, 0.3) is 0 Å². The van der Waals surface area contributed by atoms with E-state index in [2.05, 4.69) is 10.1 Å². The van der Waals surface area contributed by atoms with Crippen molar-refractivity contribution in [2.45, 2.75) is 25.9 Å². The van der Waals surface area contributed by atoms with Crippen LogP contribution in [0, 0.1) is 0 Å². The number of nitrogens with zero attached hydrogens (tertiary/aromatic N) is 1. The van der Waals surface area contributed by atoms with Crippen molar-refractivity contribution < 1.29 is 17.9 Å². The third-order valence-electron chi connectivity index (χ3n) is 2.21. The van der Waals surface area contributed by atoms with Crippen LogP contribution in [0.4, 0.5) is 13.2 Å². The Morgan fingerprint density at radius 1 is 1.50 bits per heavy atom. The minimum atomic E-state index is -4.27. The molecule has 3 nitrogen and oxygen atoms in total. The predicted octanol–water partition coefficient (Wildman–Crippen LogP) is 2.30. The van der Waals surface area contributed by atoms with E-state index in [-0.39, 0.29) is 12.8 Å². The van der Waals surface area contributed by atoms with Gasteiger partial charge in [0.15, 0.2) is 0 Å². The number of nitrogens with one attached hydrogen (secondary N) is 1. The summed E-state index contributed by atoms with van der Waals surface area (Å²) in [7, 11) is 1.82. The number of ether oxygens (including phenoxy) is 1. The molecule has 0 radical (unpaired) electrons. The largest absolute Gasteiger partial charge is 0.411 e. The van der Waals surface area contributed by atoms with Crippen molar-refractivity contribution in [1.82, 2.24) is 9.88 Å². The maximum Gasteiger partial charge on any atom is 0.411 e. The highest BCUT2D eigenvalue weighted by atomic mass is 19.4. The Labute approximate surface area is 92.2 Å². The van der Waals surface area contributed by atoms with Gasteiger partial charge < -0.3 is 14.6 Å². The molecule has 1 rings (SSSR count). The SMILES string of the molecule is CNC(C)c1ccn(COCC(F)(F)F)c1. The molecule has 0 saturated carbocycles. The van der Waals surface area contributed by atoms with E-state index in [4.69, 9.17) is 0 Å². The topological polar surface area (TPSA) is 26.2 Å². The highest BCUT2D eigenvalue weighted by Gasteiger charge is 2.27. The van der Waals surface area contributed by atoms with Gasteiger partial charge in [0, 0.05) is 18.4 Å². The van der Waals surface area contributed by atoms with E-state index >= 15 is 0 Å². The molecule has 0 aliphatic carbocycles. The van der Waals surface area contributed by atoms with Gasteiger partial charge >= 0.3 is 6.18 Å². The zero-order valence-electron chi connectivity index (χ0n) is 9.21. The first-order valence-electron chi connectivity index (χ1n) is 4.90. The van der Waals surface area contributed by atoms with Crippen molar-refractivity contribution >= 4 is 0 Å². The zero-order valence-corrected chi connectivity index (χ0v) is 9.21. The van der Waals surface area contributed by atoms with Crippen molar-refractivity contribution in [2.24, 2.45) is 0 Å². The summed E-state index contributed by atoms with van der Waals surface area (Å²) in [5.74, 6) is 0. The van der Waals surface area contributed by atoms with Crippen molar-refractivity contribution in [3.8, 4) is 0 Å². The molecular weight excluding hydrogens is 221 g/mol. The Bertz CT molecular complexity index is 322. The van der Waals surface area contributed by atoms with Gasteiger partial charge in [0.25, 0.3) is 0 Å². The van der Waals surface area contributed by atoms with Crippen LogP contribution < -0.4 is 5.32 Å². The molecule has 0 amide bonds. The maximum absolute atomic E-state index is 11.8. The smallest absolute Gasteiger partial charge is 0.351 e. The minimum absolute atomic E-state index is 0.0874. The highest BCUT2D eigenvalue weighted by Crippen LogP contribution is 2.15. The lowest BCUT2D eigenvalue weighted by Crippen LogP contribution is -2.18. The number of hydrogen-bond acceptors (Lipinski definition) is 2. The van der Waals surface area contributed by atoms with Gasteiger partial charge in [-0.05, 0) is 25.6 Å². The molecule has 92 valence electrons. The summed E-state index contributed by atoms with van der Waals surface area (Å²) in [6, 6.07) is 2.02. The summed E-state index contributed by atoms with van der Waals surface area (Å²) < 4.78 is 41.5. The van der Waals surface area contributed by atoms with Gasteiger partial charge in [-0.2, -0.15) is 13.2 Å². The normalized spacial score (nSPS) is 14.1. The molecule has 1 aromatic rings. The lowest BCUT2D eigenvalue weighted by Gasteiger charge is -2.09. The molecule has 16 heavy (non-hydrogen) atoms. The third-order valence-corrected chi connectivity index (χ3v) is 2.21. The second kappa shape index (κ2) is 5.36. The van der Waals surface area contributed by atoms with Gasteiger partial charge in [-0.15, -0.1) is 0 Å². The van der Waals surface area contributed by atoms with Crippen molar-refractivity contribution in [3.63, 3.8) is 0 Å². The summed E-state index contributed by atoms with van der Waals surface area (Å²) in [4.78, 5) is 0. The molecule has 0 fully saturated rings. The number of alkyl halides is 3. The third kappa shape index (κ3) is 4.24. The van der Waals surface area contributed by atoms with Crippen LogP contribution in [0.1, 0.15) is 18.5 Å². The van der Waals surface area contributed by atoms with E-state index in [9.17, 15) is 13.2 Å². The zero-order chi connectivity index (χ0) is 12.2. The maximum atomic E-state index is 11.8. The van der Waals surface area contributed by atoms with E-state index in [1.165, 1.54) is 0 Å². The van der Waals surface area contributed by atoms with E-state index in [0.717, 1.165) is 5.56 Å². The first-order chi connectivity index (χ1) is 7.42. The van der Waals surface area contributed by atoms with Crippen LogP contribution >= 0.6 is 0 Å². The van der Waals surface area contributed by atoms with E-state index in [1.807, 2.05) is 20.0 Å². The molecule has 1 heterocycles. The average Bonchev–Trinajstić information content (AvgIpc) is 2.63. The van der Waals surface area contributed by atoms with Gasteiger partial charge in [-0.3, -0.25) is 0 Å². The molecule has 0 bridgehead atoms. The summed E-state index contributed by atoms with van der Waals surface area (Å²) in [5, 5.41) is 3.04. The minimum Gasteiger partial charge on any atom is -0.351 e. The second-order valence-electron chi connectivity index (χ2n) is 3.56. The van der Waals surface area contributed by atoms with Crippen LogP contribution in [0.2, 0.25) is 0 Å². The molecule has 1 aromatic heterocycles. The summed E-state index contributed by atoms with van der Waals surface area (Å²) in [6.45, 7) is 0.661. The molecule has 0 aliphatic rings. The number of halogens is 3. The number of aromatic nitrogens is 1. The van der Waals surface area contributed by atoms with Crippen molar-refractivity contribution in [2.75, 3.05) is 13.7 Å². The fourth-order valence-electron chi connectivity index (χ4n) is 1.23. The molecule has 0 saturated heterocycles.